The van der Waals surface area contributed by atoms with Gasteiger partial charge in [-0.1, -0.05) is 48.0 Å². The van der Waals surface area contributed by atoms with E-state index in [0.29, 0.717) is 16.8 Å². The quantitative estimate of drug-likeness (QED) is 0.638. The van der Waals surface area contributed by atoms with Gasteiger partial charge in [0.15, 0.2) is 5.78 Å². The van der Waals surface area contributed by atoms with Crippen molar-refractivity contribution in [2.75, 3.05) is 4.72 Å². The zero-order valence-electron chi connectivity index (χ0n) is 14.7. The number of sulfonamides is 1. The third kappa shape index (κ3) is 4.42. The molecule has 2 N–H and O–H groups in total. The standard InChI is InChI=1S/C21H19NO4S/c1-15-7-13-19(14-8-15)27(25,26)22-18-11-9-17(10-12-18)21(24)20(23)16-5-3-2-4-6-16/h2-14,20,22-23H,1H3. The van der Waals surface area contributed by atoms with Gasteiger partial charge in [-0.3, -0.25) is 9.52 Å². The first kappa shape index (κ1) is 18.8. The second kappa shape index (κ2) is 7.73. The molecular formula is C21H19NO4S. The van der Waals surface area contributed by atoms with Gasteiger partial charge in [0.05, 0.1) is 4.90 Å². The van der Waals surface area contributed by atoms with Gasteiger partial charge in [-0.05, 0) is 48.9 Å². The summed E-state index contributed by atoms with van der Waals surface area (Å²) in [6.45, 7) is 1.88. The fourth-order valence-corrected chi connectivity index (χ4v) is 3.64. The summed E-state index contributed by atoms with van der Waals surface area (Å²) in [5, 5.41) is 10.2. The average molecular weight is 381 g/mol. The fourth-order valence-electron chi connectivity index (χ4n) is 2.58. The number of benzene rings is 3. The molecule has 3 rings (SSSR count). The van der Waals surface area contributed by atoms with E-state index in [1.807, 2.05) is 6.92 Å². The molecule has 3 aromatic rings. The van der Waals surface area contributed by atoms with E-state index in [2.05, 4.69) is 4.72 Å². The van der Waals surface area contributed by atoms with Crippen molar-refractivity contribution in [1.29, 1.82) is 0 Å². The molecule has 0 aliphatic carbocycles. The summed E-state index contributed by atoms with van der Waals surface area (Å²) in [5.41, 5.74) is 2.10. The number of aliphatic hydroxyl groups excluding tert-OH is 1. The molecule has 138 valence electrons. The molecule has 1 atom stereocenters. The molecule has 3 aromatic carbocycles. The maximum Gasteiger partial charge on any atom is 0.261 e. The molecule has 0 bridgehead atoms. The minimum Gasteiger partial charge on any atom is -0.380 e. The molecule has 0 fully saturated rings. The molecule has 0 saturated carbocycles. The van der Waals surface area contributed by atoms with Crippen molar-refractivity contribution in [3.05, 3.63) is 95.6 Å². The van der Waals surface area contributed by atoms with Crippen LogP contribution in [0.25, 0.3) is 0 Å². The minimum atomic E-state index is -3.71. The first-order chi connectivity index (χ1) is 12.9. The van der Waals surface area contributed by atoms with Gasteiger partial charge in [-0.2, -0.15) is 0 Å². The highest BCUT2D eigenvalue weighted by atomic mass is 32.2. The smallest absolute Gasteiger partial charge is 0.261 e. The number of Topliss-reactive ketones (excluding diaryl/α,β-unsaturated/α-hetero) is 1. The van der Waals surface area contributed by atoms with E-state index < -0.39 is 21.9 Å². The molecular weight excluding hydrogens is 362 g/mol. The Hall–Kier alpha value is -2.96. The lowest BCUT2D eigenvalue weighted by Gasteiger charge is -2.11. The maximum absolute atomic E-state index is 12.4. The normalized spacial score (nSPS) is 12.4. The van der Waals surface area contributed by atoms with E-state index in [9.17, 15) is 18.3 Å². The molecule has 0 saturated heterocycles. The summed E-state index contributed by atoms with van der Waals surface area (Å²) in [4.78, 5) is 12.6. The summed E-state index contributed by atoms with van der Waals surface area (Å²) >= 11 is 0. The van der Waals surface area contributed by atoms with Gasteiger partial charge >= 0.3 is 0 Å². The van der Waals surface area contributed by atoms with Crippen molar-refractivity contribution in [2.45, 2.75) is 17.9 Å². The van der Waals surface area contributed by atoms with Gasteiger partial charge in [0.2, 0.25) is 0 Å². The van der Waals surface area contributed by atoms with Crippen LogP contribution < -0.4 is 4.72 Å². The van der Waals surface area contributed by atoms with E-state index in [1.54, 1.807) is 42.5 Å². The first-order valence-corrected chi connectivity index (χ1v) is 9.82. The maximum atomic E-state index is 12.4. The third-order valence-corrected chi connectivity index (χ3v) is 5.51. The number of nitrogens with one attached hydrogen (secondary N) is 1. The van der Waals surface area contributed by atoms with E-state index >= 15 is 0 Å². The number of anilines is 1. The zero-order valence-corrected chi connectivity index (χ0v) is 15.5. The van der Waals surface area contributed by atoms with Gasteiger partial charge < -0.3 is 5.11 Å². The highest BCUT2D eigenvalue weighted by Crippen LogP contribution is 2.21. The van der Waals surface area contributed by atoms with Crippen LogP contribution in [-0.2, 0) is 10.0 Å². The Kier molecular flexibility index (Phi) is 5.39. The van der Waals surface area contributed by atoms with Gasteiger partial charge in [-0.15, -0.1) is 0 Å². The summed E-state index contributed by atoms with van der Waals surface area (Å²) < 4.78 is 27.3. The Bertz CT molecular complexity index is 1030. The highest BCUT2D eigenvalue weighted by molar-refractivity contribution is 7.92. The van der Waals surface area contributed by atoms with Crippen molar-refractivity contribution < 1.29 is 18.3 Å². The molecule has 0 spiro atoms. The monoisotopic (exact) mass is 381 g/mol. The van der Waals surface area contributed by atoms with Crippen molar-refractivity contribution in [1.82, 2.24) is 0 Å². The minimum absolute atomic E-state index is 0.160. The van der Waals surface area contributed by atoms with Crippen LogP contribution >= 0.6 is 0 Å². The molecule has 0 aromatic heterocycles. The first-order valence-electron chi connectivity index (χ1n) is 8.33. The van der Waals surface area contributed by atoms with Crippen LogP contribution in [0.2, 0.25) is 0 Å². The molecule has 0 radical (unpaired) electrons. The number of carbonyl (C=O) groups excluding carboxylic acids is 1. The molecule has 0 amide bonds. The second-order valence-electron chi connectivity index (χ2n) is 6.17. The summed E-state index contributed by atoms with van der Waals surface area (Å²) in [7, 11) is -3.71. The highest BCUT2D eigenvalue weighted by Gasteiger charge is 2.19. The molecule has 27 heavy (non-hydrogen) atoms. The molecule has 1 unspecified atom stereocenters. The number of carbonyl (C=O) groups is 1. The van der Waals surface area contributed by atoms with E-state index in [0.717, 1.165) is 5.56 Å². The van der Waals surface area contributed by atoms with Crippen LogP contribution in [-0.4, -0.2) is 19.3 Å². The van der Waals surface area contributed by atoms with E-state index in [-0.39, 0.29) is 4.90 Å². The Morgan fingerprint density at radius 1 is 0.889 bits per heavy atom. The van der Waals surface area contributed by atoms with Crippen molar-refractivity contribution >= 4 is 21.5 Å². The summed E-state index contributed by atoms with van der Waals surface area (Å²) in [6.07, 6.45) is -1.26. The van der Waals surface area contributed by atoms with Gasteiger partial charge in [0.1, 0.15) is 6.10 Å². The number of rotatable bonds is 6. The lowest BCUT2D eigenvalue weighted by molar-refractivity contribution is 0.0747. The Morgan fingerprint density at radius 3 is 2.07 bits per heavy atom. The Labute approximate surface area is 158 Å². The Morgan fingerprint density at radius 2 is 1.48 bits per heavy atom. The van der Waals surface area contributed by atoms with Crippen LogP contribution in [0.5, 0.6) is 0 Å². The van der Waals surface area contributed by atoms with Crippen molar-refractivity contribution in [3.63, 3.8) is 0 Å². The molecule has 0 heterocycles. The topological polar surface area (TPSA) is 83.5 Å². The molecule has 0 aliphatic rings. The second-order valence-corrected chi connectivity index (χ2v) is 7.86. The van der Waals surface area contributed by atoms with Crippen LogP contribution in [0.3, 0.4) is 0 Å². The van der Waals surface area contributed by atoms with Gasteiger partial charge in [0.25, 0.3) is 10.0 Å². The van der Waals surface area contributed by atoms with E-state index in [4.69, 9.17) is 0 Å². The number of aliphatic hydroxyl groups is 1. The number of aryl methyl sites for hydroxylation is 1. The number of ketones is 1. The lowest BCUT2D eigenvalue weighted by Crippen LogP contribution is -2.14. The molecule has 0 aliphatic heterocycles. The van der Waals surface area contributed by atoms with Crippen molar-refractivity contribution in [3.8, 4) is 0 Å². The zero-order chi connectivity index (χ0) is 19.4. The number of hydrogen-bond acceptors (Lipinski definition) is 4. The number of hydrogen-bond donors (Lipinski definition) is 2. The van der Waals surface area contributed by atoms with Crippen LogP contribution in [0.1, 0.15) is 27.6 Å². The summed E-state index contributed by atoms with van der Waals surface area (Å²) in [5.74, 6) is -0.450. The van der Waals surface area contributed by atoms with Crippen LogP contribution in [0.4, 0.5) is 5.69 Å². The fraction of sp³-hybridized carbons (Fsp3) is 0.0952. The van der Waals surface area contributed by atoms with Crippen LogP contribution in [0.15, 0.2) is 83.8 Å². The predicted octanol–water partition coefficient (Wildman–Crippen LogP) is 3.71. The van der Waals surface area contributed by atoms with Gasteiger partial charge in [-0.25, -0.2) is 8.42 Å². The largest absolute Gasteiger partial charge is 0.380 e. The summed E-state index contributed by atoms with van der Waals surface area (Å²) in [6, 6.07) is 21.1. The van der Waals surface area contributed by atoms with Crippen molar-refractivity contribution in [2.24, 2.45) is 0 Å². The molecule has 5 nitrogen and oxygen atoms in total. The van der Waals surface area contributed by atoms with E-state index in [1.165, 1.54) is 36.4 Å². The third-order valence-electron chi connectivity index (χ3n) is 4.12. The Balaban J connectivity index is 1.75. The SMILES string of the molecule is Cc1ccc(S(=O)(=O)Nc2ccc(C(=O)C(O)c3ccccc3)cc2)cc1. The lowest BCUT2D eigenvalue weighted by atomic mass is 10.00. The van der Waals surface area contributed by atoms with Crippen LogP contribution in [0, 0.1) is 6.92 Å². The predicted molar refractivity (Wildman–Crippen MR) is 104 cm³/mol. The average Bonchev–Trinajstić information content (AvgIpc) is 2.68. The molecule has 6 heteroatoms. The van der Waals surface area contributed by atoms with Gasteiger partial charge in [0, 0.05) is 11.3 Å².